The molecule has 0 aromatic heterocycles. The number of benzene rings is 1. The van der Waals surface area contributed by atoms with Crippen LogP contribution in [0.1, 0.15) is 18.4 Å². The van der Waals surface area contributed by atoms with Gasteiger partial charge in [-0.05, 0) is 24.9 Å². The van der Waals surface area contributed by atoms with E-state index >= 15 is 0 Å². The van der Waals surface area contributed by atoms with E-state index in [2.05, 4.69) is 4.90 Å². The first-order valence-electron chi connectivity index (χ1n) is 7.47. The lowest BCUT2D eigenvalue weighted by Crippen LogP contribution is -2.49. The predicted molar refractivity (Wildman–Crippen MR) is 80.9 cm³/mol. The molecule has 1 aromatic rings. The first-order chi connectivity index (χ1) is 10.2. The van der Waals surface area contributed by atoms with E-state index in [0.717, 1.165) is 31.5 Å². The number of rotatable bonds is 5. The molecule has 5 heteroatoms. The third kappa shape index (κ3) is 4.72. The highest BCUT2D eigenvalue weighted by Crippen LogP contribution is 2.15. The van der Waals surface area contributed by atoms with Gasteiger partial charge in [-0.15, -0.1) is 0 Å². The number of amides is 1. The number of likely N-dealkylation sites (tertiary alicyclic amines) is 1. The molecule has 1 amide bonds. The van der Waals surface area contributed by atoms with Gasteiger partial charge in [0.05, 0.1) is 6.61 Å². The van der Waals surface area contributed by atoms with E-state index in [4.69, 9.17) is 9.84 Å². The third-order valence-corrected chi connectivity index (χ3v) is 3.94. The molecule has 0 aliphatic carbocycles. The molecule has 1 aromatic carbocycles. The molecule has 21 heavy (non-hydrogen) atoms. The van der Waals surface area contributed by atoms with Gasteiger partial charge in [-0.3, -0.25) is 4.90 Å². The van der Waals surface area contributed by atoms with Crippen molar-refractivity contribution in [3.05, 3.63) is 35.9 Å². The second-order valence-corrected chi connectivity index (χ2v) is 5.47. The molecule has 1 aliphatic rings. The molecule has 1 saturated heterocycles. The number of ether oxygens (including phenoxy) is 1. The molecular formula is C16H24N2O3. The van der Waals surface area contributed by atoms with Gasteiger partial charge in [0.15, 0.2) is 0 Å². The van der Waals surface area contributed by atoms with Crippen LogP contribution < -0.4 is 0 Å². The zero-order valence-electron chi connectivity index (χ0n) is 12.6. The van der Waals surface area contributed by atoms with Crippen molar-refractivity contribution in [1.29, 1.82) is 0 Å². The Bertz CT molecular complexity index is 436. The lowest BCUT2D eigenvalue weighted by molar-refractivity contribution is 0.0639. The Kier molecular flexibility index (Phi) is 6.02. The van der Waals surface area contributed by atoms with Crippen molar-refractivity contribution in [3.8, 4) is 0 Å². The van der Waals surface area contributed by atoms with Gasteiger partial charge in [-0.1, -0.05) is 30.3 Å². The van der Waals surface area contributed by atoms with Crippen molar-refractivity contribution >= 4 is 6.09 Å². The van der Waals surface area contributed by atoms with Crippen LogP contribution in [0.4, 0.5) is 4.79 Å². The number of hydrogen-bond donors (Lipinski definition) is 1. The highest BCUT2D eigenvalue weighted by Gasteiger charge is 2.26. The van der Waals surface area contributed by atoms with Gasteiger partial charge in [0.25, 0.3) is 0 Å². The molecule has 0 unspecified atom stereocenters. The number of aliphatic hydroxyl groups excluding tert-OH is 1. The third-order valence-electron chi connectivity index (χ3n) is 3.94. The Hall–Kier alpha value is -1.59. The van der Waals surface area contributed by atoms with Crippen LogP contribution in [0.5, 0.6) is 0 Å². The van der Waals surface area contributed by atoms with Gasteiger partial charge in [0.2, 0.25) is 0 Å². The summed E-state index contributed by atoms with van der Waals surface area (Å²) in [6.45, 7) is 2.93. The number of piperidine rings is 1. The van der Waals surface area contributed by atoms with Gasteiger partial charge in [-0.25, -0.2) is 4.79 Å². The number of aliphatic hydroxyl groups is 1. The number of nitrogens with zero attached hydrogens (tertiary/aromatic N) is 2. The second-order valence-electron chi connectivity index (χ2n) is 5.47. The number of carbonyl (C=O) groups is 1. The summed E-state index contributed by atoms with van der Waals surface area (Å²) in [4.78, 5) is 16.0. The molecule has 1 aliphatic heterocycles. The largest absolute Gasteiger partial charge is 0.445 e. The smallest absolute Gasteiger partial charge is 0.410 e. The normalized spacial score (nSPS) is 19.2. The molecule has 0 radical (unpaired) electrons. The minimum absolute atomic E-state index is 0.161. The Balaban J connectivity index is 1.81. The van der Waals surface area contributed by atoms with E-state index in [1.807, 2.05) is 30.3 Å². The summed E-state index contributed by atoms with van der Waals surface area (Å²) in [5.41, 5.74) is 0.991. The highest BCUT2D eigenvalue weighted by molar-refractivity contribution is 5.67. The SMILES string of the molecule is CN(C(=O)OCc1ccccc1)[C@H]1CCCN(CCO)C1. The first-order valence-corrected chi connectivity index (χ1v) is 7.47. The summed E-state index contributed by atoms with van der Waals surface area (Å²) in [5.74, 6) is 0. The fourth-order valence-electron chi connectivity index (χ4n) is 2.66. The van der Waals surface area contributed by atoms with E-state index in [-0.39, 0.29) is 18.7 Å². The van der Waals surface area contributed by atoms with Crippen molar-refractivity contribution in [3.63, 3.8) is 0 Å². The summed E-state index contributed by atoms with van der Waals surface area (Å²) < 4.78 is 5.36. The second kappa shape index (κ2) is 8.00. The monoisotopic (exact) mass is 292 g/mol. The summed E-state index contributed by atoms with van der Waals surface area (Å²) in [6.07, 6.45) is 1.74. The number of β-amino-alcohol motifs (C(OH)–C–C–N with tert-alkyl or cyclic N) is 1. The van der Waals surface area contributed by atoms with Gasteiger partial charge < -0.3 is 14.7 Å². The minimum atomic E-state index is -0.283. The van der Waals surface area contributed by atoms with Gasteiger partial charge in [-0.2, -0.15) is 0 Å². The van der Waals surface area contributed by atoms with Crippen molar-refractivity contribution in [2.24, 2.45) is 0 Å². The van der Waals surface area contributed by atoms with E-state index < -0.39 is 0 Å². The molecule has 0 saturated carbocycles. The Morgan fingerprint density at radius 3 is 2.90 bits per heavy atom. The van der Waals surface area contributed by atoms with Gasteiger partial charge >= 0.3 is 6.09 Å². The lowest BCUT2D eigenvalue weighted by Gasteiger charge is -2.36. The maximum atomic E-state index is 12.1. The molecular weight excluding hydrogens is 268 g/mol. The van der Waals surface area contributed by atoms with E-state index in [1.165, 1.54) is 0 Å². The van der Waals surface area contributed by atoms with Crippen LogP contribution in [-0.4, -0.2) is 60.3 Å². The maximum Gasteiger partial charge on any atom is 0.410 e. The molecule has 1 atom stereocenters. The van der Waals surface area contributed by atoms with Crippen LogP contribution in [0, 0.1) is 0 Å². The molecule has 2 rings (SSSR count). The number of hydrogen-bond acceptors (Lipinski definition) is 4. The summed E-state index contributed by atoms with van der Waals surface area (Å²) in [5, 5.41) is 9.02. The zero-order chi connectivity index (χ0) is 15.1. The van der Waals surface area contributed by atoms with Crippen LogP contribution in [0.15, 0.2) is 30.3 Å². The lowest BCUT2D eigenvalue weighted by atomic mass is 10.1. The Morgan fingerprint density at radius 1 is 1.43 bits per heavy atom. The van der Waals surface area contributed by atoms with Crippen molar-refractivity contribution < 1.29 is 14.6 Å². The highest BCUT2D eigenvalue weighted by atomic mass is 16.6. The Labute approximate surface area is 126 Å². The summed E-state index contributed by atoms with van der Waals surface area (Å²) in [6, 6.07) is 9.85. The summed E-state index contributed by atoms with van der Waals surface area (Å²) >= 11 is 0. The van der Waals surface area contributed by atoms with Crippen LogP contribution >= 0.6 is 0 Å². The van der Waals surface area contributed by atoms with Crippen LogP contribution in [-0.2, 0) is 11.3 Å². The van der Waals surface area contributed by atoms with Gasteiger partial charge in [0.1, 0.15) is 6.61 Å². The summed E-state index contributed by atoms with van der Waals surface area (Å²) in [7, 11) is 1.79. The average Bonchev–Trinajstić information content (AvgIpc) is 2.53. The van der Waals surface area contributed by atoms with E-state index in [1.54, 1.807) is 11.9 Å². The van der Waals surface area contributed by atoms with Crippen molar-refractivity contribution in [1.82, 2.24) is 9.80 Å². The first kappa shape index (κ1) is 15.8. The molecule has 0 bridgehead atoms. The molecule has 116 valence electrons. The molecule has 1 N–H and O–H groups in total. The quantitative estimate of drug-likeness (QED) is 0.897. The van der Waals surface area contributed by atoms with E-state index in [0.29, 0.717) is 13.2 Å². The Morgan fingerprint density at radius 2 is 2.19 bits per heavy atom. The topological polar surface area (TPSA) is 53.0 Å². The molecule has 1 heterocycles. The van der Waals surface area contributed by atoms with Crippen molar-refractivity contribution in [2.75, 3.05) is 33.3 Å². The number of likely N-dealkylation sites (N-methyl/N-ethyl adjacent to an activating group) is 1. The van der Waals surface area contributed by atoms with Gasteiger partial charge in [0, 0.05) is 26.2 Å². The number of carbonyl (C=O) groups excluding carboxylic acids is 1. The fraction of sp³-hybridized carbons (Fsp3) is 0.562. The molecule has 5 nitrogen and oxygen atoms in total. The fourth-order valence-corrected chi connectivity index (χ4v) is 2.66. The van der Waals surface area contributed by atoms with E-state index in [9.17, 15) is 4.79 Å². The van der Waals surface area contributed by atoms with Crippen LogP contribution in [0.25, 0.3) is 0 Å². The molecule has 0 spiro atoms. The zero-order valence-corrected chi connectivity index (χ0v) is 12.6. The van der Waals surface area contributed by atoms with Crippen LogP contribution in [0.3, 0.4) is 0 Å². The standard InChI is InChI=1S/C16H24N2O3/c1-17(15-8-5-9-18(12-15)10-11-19)16(20)21-13-14-6-3-2-4-7-14/h2-4,6-7,15,19H,5,8-13H2,1H3/t15-/m0/s1. The van der Waals surface area contributed by atoms with Crippen molar-refractivity contribution in [2.45, 2.75) is 25.5 Å². The predicted octanol–water partition coefficient (Wildman–Crippen LogP) is 1.71. The van der Waals surface area contributed by atoms with Crippen LogP contribution in [0.2, 0.25) is 0 Å². The average molecular weight is 292 g/mol. The minimum Gasteiger partial charge on any atom is -0.445 e. The molecule has 1 fully saturated rings. The maximum absolute atomic E-state index is 12.1.